The number of rotatable bonds is 11. The normalized spacial score (nSPS) is 14.5. The number of ether oxygens (including phenoxy) is 1. The van der Waals surface area contributed by atoms with E-state index < -0.39 is 17.3 Å². The molecule has 1 atom stereocenters. The minimum atomic E-state index is -1.04. The number of amidine groups is 1. The van der Waals surface area contributed by atoms with Crippen LogP contribution in [0.25, 0.3) is 11.0 Å². The molecule has 1 unspecified atom stereocenters. The van der Waals surface area contributed by atoms with E-state index in [2.05, 4.69) is 5.32 Å². The molecular weight excluding hydrogens is 522 g/mol. The van der Waals surface area contributed by atoms with Gasteiger partial charge in [0.25, 0.3) is 0 Å². The molecule has 11 nitrogen and oxygen atoms in total. The van der Waals surface area contributed by atoms with Crippen LogP contribution in [-0.4, -0.2) is 76.3 Å². The largest absolute Gasteiger partial charge is 0.466 e. The van der Waals surface area contributed by atoms with E-state index in [1.807, 2.05) is 53.8 Å². The molecule has 4 rings (SSSR count). The highest BCUT2D eigenvalue weighted by Gasteiger charge is 2.41. The molecule has 1 saturated heterocycles. The number of esters is 1. The monoisotopic (exact) mass is 561 g/mol. The standard InChI is InChI=1S/C30H39N7O4/c1-5-41-27(39)17-26(38)35(3)19-30(2,29(40)37-14-6-7-15-37)21-10-13-24-23(16-21)34-25(36(24)4)18-33-22-11-8-20(9-12-22)28(31)32/h8-13,16,33H,5-7,14-15,17-19H2,1-4H3,(H3,31,32). The number of anilines is 1. The molecule has 1 aliphatic rings. The Kier molecular flexibility index (Phi) is 8.95. The Balaban J connectivity index is 1.60. The molecule has 0 aliphatic carbocycles. The molecule has 2 amide bonds. The van der Waals surface area contributed by atoms with Gasteiger partial charge in [0.15, 0.2) is 0 Å². The zero-order valence-electron chi connectivity index (χ0n) is 24.2. The SMILES string of the molecule is CCOC(=O)CC(=O)N(C)CC(C)(C(=O)N1CCCC1)c1ccc2c(c1)nc(CNc1ccc(C(=N)N)cc1)n2C. The minimum Gasteiger partial charge on any atom is -0.466 e. The number of nitrogens with one attached hydrogen (secondary N) is 2. The number of benzene rings is 2. The van der Waals surface area contributed by atoms with Gasteiger partial charge < -0.3 is 30.2 Å². The highest BCUT2D eigenvalue weighted by Crippen LogP contribution is 2.32. The summed E-state index contributed by atoms with van der Waals surface area (Å²) in [7, 11) is 3.56. The predicted octanol–water partition coefficient (Wildman–Crippen LogP) is 2.76. The van der Waals surface area contributed by atoms with Gasteiger partial charge in [-0.1, -0.05) is 6.07 Å². The fourth-order valence-corrected chi connectivity index (χ4v) is 5.28. The van der Waals surface area contributed by atoms with E-state index in [1.165, 1.54) is 4.90 Å². The van der Waals surface area contributed by atoms with Gasteiger partial charge in [0.05, 0.1) is 29.6 Å². The smallest absolute Gasteiger partial charge is 0.315 e. The number of carbonyl (C=O) groups excluding carboxylic acids is 3. The highest BCUT2D eigenvalue weighted by atomic mass is 16.5. The van der Waals surface area contributed by atoms with Crippen molar-refractivity contribution in [3.05, 3.63) is 59.4 Å². The zero-order valence-corrected chi connectivity index (χ0v) is 24.2. The number of nitrogens with zero attached hydrogens (tertiary/aromatic N) is 4. The quantitative estimate of drug-likeness (QED) is 0.141. The Bertz CT molecular complexity index is 1440. The third-order valence-electron chi connectivity index (χ3n) is 7.70. The summed E-state index contributed by atoms with van der Waals surface area (Å²) in [5.74, 6) is -0.193. The topological polar surface area (TPSA) is 147 Å². The van der Waals surface area contributed by atoms with E-state index in [9.17, 15) is 14.4 Å². The van der Waals surface area contributed by atoms with Crippen molar-refractivity contribution in [2.24, 2.45) is 12.8 Å². The van der Waals surface area contributed by atoms with E-state index in [1.54, 1.807) is 26.1 Å². The van der Waals surface area contributed by atoms with Gasteiger partial charge in [-0.3, -0.25) is 19.8 Å². The lowest BCUT2D eigenvalue weighted by Gasteiger charge is -2.36. The maximum atomic E-state index is 13.9. The molecule has 218 valence electrons. The lowest BCUT2D eigenvalue weighted by molar-refractivity contribution is -0.148. The number of hydrogen-bond donors (Lipinski definition) is 3. The Labute approximate surface area is 240 Å². The first-order valence-electron chi connectivity index (χ1n) is 13.9. The number of carbonyl (C=O) groups is 3. The van der Waals surface area contributed by atoms with Crippen molar-refractivity contribution in [2.75, 3.05) is 38.6 Å². The lowest BCUT2D eigenvalue weighted by atomic mass is 9.80. The number of fused-ring (bicyclic) bond motifs is 1. The summed E-state index contributed by atoms with van der Waals surface area (Å²) in [6.07, 6.45) is 1.53. The maximum Gasteiger partial charge on any atom is 0.315 e. The number of nitrogens with two attached hydrogens (primary N) is 1. The van der Waals surface area contributed by atoms with Crippen molar-refractivity contribution in [3.8, 4) is 0 Å². The van der Waals surface area contributed by atoms with Crippen LogP contribution in [-0.2, 0) is 38.1 Å². The van der Waals surface area contributed by atoms with Crippen molar-refractivity contribution in [2.45, 2.75) is 45.1 Å². The van der Waals surface area contributed by atoms with E-state index in [0.717, 1.165) is 41.0 Å². The minimum absolute atomic E-state index is 0.0208. The van der Waals surface area contributed by atoms with Crippen LogP contribution in [0.3, 0.4) is 0 Å². The van der Waals surface area contributed by atoms with Crippen LogP contribution in [0.15, 0.2) is 42.5 Å². The van der Waals surface area contributed by atoms with Gasteiger partial charge in [0, 0.05) is 45.0 Å². The van der Waals surface area contributed by atoms with E-state index in [0.29, 0.717) is 25.2 Å². The summed E-state index contributed by atoms with van der Waals surface area (Å²) in [4.78, 5) is 46.9. The molecule has 1 fully saturated rings. The molecule has 0 radical (unpaired) electrons. The van der Waals surface area contributed by atoms with Crippen LogP contribution < -0.4 is 11.1 Å². The summed E-state index contributed by atoms with van der Waals surface area (Å²) < 4.78 is 6.94. The average molecular weight is 562 g/mol. The molecule has 4 N–H and O–H groups in total. The fraction of sp³-hybridized carbons (Fsp3) is 0.433. The summed E-state index contributed by atoms with van der Waals surface area (Å²) in [5, 5.41) is 10.9. The Morgan fingerprint density at radius 1 is 1.15 bits per heavy atom. The number of imidazole rings is 1. The summed E-state index contributed by atoms with van der Waals surface area (Å²) in [6.45, 7) is 5.71. The molecule has 2 aromatic carbocycles. The highest BCUT2D eigenvalue weighted by molar-refractivity contribution is 5.96. The molecule has 11 heteroatoms. The number of likely N-dealkylation sites (N-methyl/N-ethyl adjacent to an activating group) is 1. The van der Waals surface area contributed by atoms with Crippen LogP contribution >= 0.6 is 0 Å². The first kappa shape index (κ1) is 29.6. The van der Waals surface area contributed by atoms with Gasteiger partial charge in [-0.2, -0.15) is 0 Å². The Hall–Kier alpha value is -4.41. The third-order valence-corrected chi connectivity index (χ3v) is 7.70. The first-order valence-corrected chi connectivity index (χ1v) is 13.9. The second-order valence-electron chi connectivity index (χ2n) is 10.7. The number of aryl methyl sites for hydroxylation is 1. The second kappa shape index (κ2) is 12.4. The number of likely N-dealkylation sites (tertiary alicyclic amines) is 1. The van der Waals surface area contributed by atoms with Crippen molar-refractivity contribution < 1.29 is 19.1 Å². The second-order valence-corrected chi connectivity index (χ2v) is 10.7. The molecule has 1 aliphatic heterocycles. The van der Waals surface area contributed by atoms with Crippen molar-refractivity contribution in [1.82, 2.24) is 19.4 Å². The van der Waals surface area contributed by atoms with Gasteiger partial charge in [-0.05, 0) is 68.7 Å². The van der Waals surface area contributed by atoms with Crippen LogP contribution in [0.4, 0.5) is 5.69 Å². The van der Waals surface area contributed by atoms with E-state index >= 15 is 0 Å². The lowest BCUT2D eigenvalue weighted by Crippen LogP contribution is -2.51. The molecule has 0 saturated carbocycles. The molecule has 1 aromatic heterocycles. The summed E-state index contributed by atoms with van der Waals surface area (Å²) in [6, 6.07) is 13.1. The molecule has 2 heterocycles. The van der Waals surface area contributed by atoms with Gasteiger partial charge in [0.1, 0.15) is 18.1 Å². The van der Waals surface area contributed by atoms with Crippen LogP contribution in [0.2, 0.25) is 0 Å². The van der Waals surface area contributed by atoms with Crippen molar-refractivity contribution in [3.63, 3.8) is 0 Å². The zero-order chi connectivity index (χ0) is 29.7. The van der Waals surface area contributed by atoms with Crippen LogP contribution in [0.5, 0.6) is 0 Å². The maximum absolute atomic E-state index is 13.9. The van der Waals surface area contributed by atoms with E-state index in [-0.39, 0.29) is 31.3 Å². The number of nitrogen functional groups attached to an aromatic ring is 1. The Morgan fingerprint density at radius 2 is 1.83 bits per heavy atom. The van der Waals surface area contributed by atoms with Crippen LogP contribution in [0.1, 0.15) is 50.1 Å². The number of hydrogen-bond acceptors (Lipinski definition) is 7. The molecule has 0 bridgehead atoms. The van der Waals surface area contributed by atoms with Gasteiger partial charge in [0.2, 0.25) is 11.8 Å². The fourth-order valence-electron chi connectivity index (χ4n) is 5.28. The van der Waals surface area contributed by atoms with Gasteiger partial charge >= 0.3 is 5.97 Å². The predicted molar refractivity (Wildman–Crippen MR) is 158 cm³/mol. The molecule has 41 heavy (non-hydrogen) atoms. The van der Waals surface area contributed by atoms with Gasteiger partial charge in [-0.15, -0.1) is 0 Å². The first-order chi connectivity index (χ1) is 19.5. The van der Waals surface area contributed by atoms with Crippen molar-refractivity contribution in [1.29, 1.82) is 5.41 Å². The number of aromatic nitrogens is 2. The number of amides is 2. The molecule has 3 aromatic rings. The van der Waals surface area contributed by atoms with Gasteiger partial charge in [-0.25, -0.2) is 4.98 Å². The summed E-state index contributed by atoms with van der Waals surface area (Å²) in [5.41, 5.74) is 8.47. The summed E-state index contributed by atoms with van der Waals surface area (Å²) >= 11 is 0. The van der Waals surface area contributed by atoms with E-state index in [4.69, 9.17) is 20.9 Å². The Morgan fingerprint density at radius 3 is 2.46 bits per heavy atom. The third kappa shape index (κ3) is 6.50. The average Bonchev–Trinajstić information content (AvgIpc) is 3.59. The van der Waals surface area contributed by atoms with Crippen LogP contribution in [0, 0.1) is 5.41 Å². The molecule has 0 spiro atoms. The molecular formula is C30H39N7O4. The van der Waals surface area contributed by atoms with Crippen molar-refractivity contribution >= 4 is 40.3 Å².